The maximum Gasteiger partial charge on any atom is 0.410 e. The molecule has 1 aliphatic heterocycles. The van der Waals surface area contributed by atoms with Crippen LogP contribution in [0.3, 0.4) is 0 Å². The minimum Gasteiger partial charge on any atom is -0.444 e. The third-order valence-corrected chi connectivity index (χ3v) is 6.55. The van der Waals surface area contributed by atoms with E-state index in [1.807, 2.05) is 20.8 Å². The molecule has 1 aliphatic rings. The Kier molecular flexibility index (Phi) is 7.39. The Hall–Kier alpha value is -2.29. The van der Waals surface area contributed by atoms with Crippen molar-refractivity contribution < 1.29 is 27.5 Å². The van der Waals surface area contributed by atoms with E-state index < -0.39 is 27.1 Å². The molecule has 2 rings (SSSR count). The van der Waals surface area contributed by atoms with Crippen LogP contribution in [-0.2, 0) is 19.3 Å². The SMILES string of the molecule is CC(C)(C)OC(=O)N1CCC(CNC(=O)OC(C)(C)CS(=O)(=O)c2ccccc2)C1. The van der Waals surface area contributed by atoms with Crippen molar-refractivity contribution in [3.05, 3.63) is 30.3 Å². The van der Waals surface area contributed by atoms with E-state index in [4.69, 9.17) is 9.47 Å². The minimum absolute atomic E-state index is 0.0845. The van der Waals surface area contributed by atoms with Crippen molar-refractivity contribution >= 4 is 22.0 Å². The van der Waals surface area contributed by atoms with E-state index in [1.54, 1.807) is 36.9 Å². The molecular weight excluding hydrogens is 408 g/mol. The molecule has 1 N–H and O–H groups in total. The van der Waals surface area contributed by atoms with Crippen LogP contribution >= 0.6 is 0 Å². The van der Waals surface area contributed by atoms with E-state index >= 15 is 0 Å². The Morgan fingerprint density at radius 2 is 1.73 bits per heavy atom. The van der Waals surface area contributed by atoms with Gasteiger partial charge in [-0.25, -0.2) is 18.0 Å². The molecular formula is C21H32N2O6S. The summed E-state index contributed by atoms with van der Waals surface area (Å²) in [5.41, 5.74) is -1.75. The fourth-order valence-electron chi connectivity index (χ4n) is 3.20. The van der Waals surface area contributed by atoms with Crippen LogP contribution in [0.15, 0.2) is 35.2 Å². The third-order valence-electron chi connectivity index (χ3n) is 4.48. The molecule has 0 bridgehead atoms. The largest absolute Gasteiger partial charge is 0.444 e. The van der Waals surface area contributed by atoms with Gasteiger partial charge in [-0.15, -0.1) is 0 Å². The van der Waals surface area contributed by atoms with Crippen molar-refractivity contribution in [1.82, 2.24) is 10.2 Å². The fraction of sp³-hybridized carbons (Fsp3) is 0.619. The fourth-order valence-corrected chi connectivity index (χ4v) is 4.92. The molecule has 8 nitrogen and oxygen atoms in total. The van der Waals surface area contributed by atoms with Crippen molar-refractivity contribution in [2.24, 2.45) is 5.92 Å². The first-order chi connectivity index (χ1) is 13.8. The Morgan fingerprint density at radius 1 is 1.10 bits per heavy atom. The lowest BCUT2D eigenvalue weighted by molar-refractivity contribution is 0.0288. The van der Waals surface area contributed by atoms with Crippen LogP contribution < -0.4 is 5.32 Å². The lowest BCUT2D eigenvalue weighted by Crippen LogP contribution is -2.41. The molecule has 1 fully saturated rings. The number of rotatable bonds is 6. The number of hydrogen-bond acceptors (Lipinski definition) is 6. The number of carbonyl (C=O) groups is 2. The molecule has 1 aromatic carbocycles. The molecule has 168 valence electrons. The van der Waals surface area contributed by atoms with Crippen molar-refractivity contribution in [2.75, 3.05) is 25.4 Å². The summed E-state index contributed by atoms with van der Waals surface area (Å²) in [5, 5.41) is 2.68. The average Bonchev–Trinajstić information content (AvgIpc) is 3.07. The molecule has 30 heavy (non-hydrogen) atoms. The Bertz CT molecular complexity index is 846. The highest BCUT2D eigenvalue weighted by Gasteiger charge is 2.33. The van der Waals surface area contributed by atoms with Gasteiger partial charge in [-0.05, 0) is 59.1 Å². The number of alkyl carbamates (subject to hydrolysis) is 1. The molecule has 2 amide bonds. The van der Waals surface area contributed by atoms with Gasteiger partial charge in [0, 0.05) is 19.6 Å². The lowest BCUT2D eigenvalue weighted by atomic mass is 10.1. The van der Waals surface area contributed by atoms with E-state index in [0.717, 1.165) is 6.42 Å². The zero-order valence-corrected chi connectivity index (χ0v) is 19.1. The topological polar surface area (TPSA) is 102 Å². The summed E-state index contributed by atoms with van der Waals surface area (Å²) in [6.07, 6.45) is -0.301. The van der Waals surface area contributed by atoms with Gasteiger partial charge in [0.1, 0.15) is 11.2 Å². The zero-order chi connectivity index (χ0) is 22.6. The van der Waals surface area contributed by atoms with E-state index in [-0.39, 0.29) is 22.7 Å². The first kappa shape index (κ1) is 24.0. The van der Waals surface area contributed by atoms with Crippen LogP contribution in [0, 0.1) is 5.92 Å². The molecule has 0 spiro atoms. The van der Waals surface area contributed by atoms with Gasteiger partial charge in [0.05, 0.1) is 10.6 Å². The second kappa shape index (κ2) is 9.24. The van der Waals surface area contributed by atoms with Crippen LogP contribution in [-0.4, -0.2) is 62.1 Å². The van der Waals surface area contributed by atoms with Crippen LogP contribution in [0.1, 0.15) is 41.0 Å². The number of ether oxygens (including phenoxy) is 2. The van der Waals surface area contributed by atoms with Crippen molar-refractivity contribution in [3.8, 4) is 0 Å². The van der Waals surface area contributed by atoms with Crippen molar-refractivity contribution in [2.45, 2.75) is 57.1 Å². The number of amides is 2. The molecule has 1 aromatic rings. The van der Waals surface area contributed by atoms with Gasteiger partial charge in [0.2, 0.25) is 0 Å². The summed E-state index contributed by atoms with van der Waals surface area (Å²) < 4.78 is 35.8. The standard InChI is InChI=1S/C21H32N2O6S/c1-20(2,3)29-19(25)23-12-11-16(14-23)13-22-18(24)28-21(4,5)15-30(26,27)17-9-7-6-8-10-17/h6-10,16H,11-15H2,1-5H3,(H,22,24). The first-order valence-corrected chi connectivity index (χ1v) is 11.7. The number of sulfone groups is 1. The molecule has 0 aliphatic carbocycles. The zero-order valence-electron chi connectivity index (χ0n) is 18.3. The Labute approximate surface area is 178 Å². The van der Waals surface area contributed by atoms with E-state index in [0.29, 0.717) is 19.6 Å². The third kappa shape index (κ3) is 7.51. The molecule has 1 saturated heterocycles. The maximum absolute atomic E-state index is 12.5. The summed E-state index contributed by atoms with van der Waals surface area (Å²) in [6.45, 7) is 9.96. The Balaban J connectivity index is 1.81. The number of carbonyl (C=O) groups excluding carboxylic acids is 2. The molecule has 0 saturated carbocycles. The van der Waals surface area contributed by atoms with Crippen molar-refractivity contribution in [1.29, 1.82) is 0 Å². The van der Waals surface area contributed by atoms with E-state index in [2.05, 4.69) is 5.32 Å². The predicted molar refractivity (Wildman–Crippen MR) is 113 cm³/mol. The van der Waals surface area contributed by atoms with Gasteiger partial charge in [-0.1, -0.05) is 18.2 Å². The monoisotopic (exact) mass is 440 g/mol. The van der Waals surface area contributed by atoms with Gasteiger partial charge in [0.15, 0.2) is 9.84 Å². The quantitative estimate of drug-likeness (QED) is 0.729. The van der Waals surface area contributed by atoms with Crippen LogP contribution in [0.5, 0.6) is 0 Å². The number of hydrogen-bond donors (Lipinski definition) is 1. The van der Waals surface area contributed by atoms with Crippen molar-refractivity contribution in [3.63, 3.8) is 0 Å². The molecule has 1 unspecified atom stereocenters. The second-order valence-corrected chi connectivity index (χ2v) is 11.2. The number of nitrogens with zero attached hydrogens (tertiary/aromatic N) is 1. The molecule has 1 heterocycles. The van der Waals surface area contributed by atoms with Gasteiger partial charge in [0.25, 0.3) is 0 Å². The molecule has 9 heteroatoms. The highest BCUT2D eigenvalue weighted by molar-refractivity contribution is 7.91. The van der Waals surface area contributed by atoms with Gasteiger partial charge in [-0.2, -0.15) is 0 Å². The summed E-state index contributed by atoms with van der Waals surface area (Å²) in [6, 6.07) is 8.07. The lowest BCUT2D eigenvalue weighted by Gasteiger charge is -2.25. The average molecular weight is 441 g/mol. The van der Waals surface area contributed by atoms with Crippen LogP contribution in [0.4, 0.5) is 9.59 Å². The summed E-state index contributed by atoms with van der Waals surface area (Å²) in [5.74, 6) is -0.242. The van der Waals surface area contributed by atoms with Gasteiger partial charge < -0.3 is 19.7 Å². The summed E-state index contributed by atoms with van der Waals surface area (Å²) in [7, 11) is -3.59. The number of nitrogens with one attached hydrogen (secondary N) is 1. The van der Waals surface area contributed by atoms with Crippen LogP contribution in [0.2, 0.25) is 0 Å². The Morgan fingerprint density at radius 3 is 2.33 bits per heavy atom. The molecule has 0 radical (unpaired) electrons. The predicted octanol–water partition coefficient (Wildman–Crippen LogP) is 3.22. The van der Waals surface area contributed by atoms with E-state index in [1.165, 1.54) is 12.1 Å². The summed E-state index contributed by atoms with van der Waals surface area (Å²) >= 11 is 0. The summed E-state index contributed by atoms with van der Waals surface area (Å²) in [4.78, 5) is 26.1. The number of benzene rings is 1. The first-order valence-electron chi connectivity index (χ1n) is 10.00. The smallest absolute Gasteiger partial charge is 0.410 e. The molecule has 0 aromatic heterocycles. The van der Waals surface area contributed by atoms with Gasteiger partial charge in [-0.3, -0.25) is 0 Å². The minimum atomic E-state index is -3.59. The van der Waals surface area contributed by atoms with E-state index in [9.17, 15) is 18.0 Å². The highest BCUT2D eigenvalue weighted by atomic mass is 32.2. The normalized spacial score (nSPS) is 17.5. The maximum atomic E-state index is 12.5. The number of likely N-dealkylation sites (tertiary alicyclic amines) is 1. The highest BCUT2D eigenvalue weighted by Crippen LogP contribution is 2.21. The van der Waals surface area contributed by atoms with Crippen LogP contribution in [0.25, 0.3) is 0 Å². The van der Waals surface area contributed by atoms with Gasteiger partial charge >= 0.3 is 12.2 Å². The second-order valence-electron chi connectivity index (χ2n) is 9.18. The molecule has 1 atom stereocenters.